The number of hydrogen-bond donors (Lipinski definition) is 4. The summed E-state index contributed by atoms with van der Waals surface area (Å²) >= 11 is 1.92. The topological polar surface area (TPSA) is 224 Å². The number of nitrogens with one attached hydrogen (secondary N) is 1. The van der Waals surface area contributed by atoms with Gasteiger partial charge in [0.15, 0.2) is 5.13 Å². The molecule has 35 heavy (non-hydrogen) atoms. The Kier molecular flexibility index (Phi) is 7.30. The second kappa shape index (κ2) is 9.87. The molecule has 0 saturated carbocycles. The van der Waals surface area contributed by atoms with E-state index in [1.807, 2.05) is 0 Å². The van der Waals surface area contributed by atoms with Crippen LogP contribution in [0.5, 0.6) is 0 Å². The quantitative estimate of drug-likeness (QED) is 0.131. The predicted molar refractivity (Wildman–Crippen MR) is 120 cm³/mol. The van der Waals surface area contributed by atoms with Crippen LogP contribution in [0.25, 0.3) is 0 Å². The Morgan fingerprint density at radius 2 is 2.00 bits per heavy atom. The standard InChI is InChI=1S/C18H20N6O9S2/c1-6(25)32-4-7-5-34-14-9(13(27)24(14)10(7)15(28)29)20-12(26)8(11-21-17(19)35-23-11)22-33-18(2,3)16(30)31/h9,14H,4-5H2,1-3H3,(H,20,26)(H,28,29)(H,30,31)(H2,19,21,23)/b22-8-/t9?,14-/m1/s1. The van der Waals surface area contributed by atoms with E-state index in [4.69, 9.17) is 15.3 Å². The molecule has 1 aromatic heterocycles. The smallest absolute Gasteiger partial charge is 0.352 e. The van der Waals surface area contributed by atoms with E-state index in [0.717, 1.165) is 28.2 Å². The maximum Gasteiger partial charge on any atom is 0.352 e. The third-order valence-corrected chi connectivity index (χ3v) is 6.62. The lowest BCUT2D eigenvalue weighted by Crippen LogP contribution is -2.71. The van der Waals surface area contributed by atoms with Crippen LogP contribution in [0.1, 0.15) is 26.6 Å². The molecule has 1 saturated heterocycles. The summed E-state index contributed by atoms with van der Waals surface area (Å²) in [6.45, 7) is 3.29. The average Bonchev–Trinajstić information content (AvgIpc) is 3.20. The minimum Gasteiger partial charge on any atom is -0.478 e. The molecule has 1 fully saturated rings. The van der Waals surface area contributed by atoms with Gasteiger partial charge in [-0.15, -0.1) is 11.8 Å². The first-order chi connectivity index (χ1) is 16.3. The molecule has 188 valence electrons. The van der Waals surface area contributed by atoms with Gasteiger partial charge in [0, 0.05) is 29.8 Å². The first kappa shape index (κ1) is 25.9. The van der Waals surface area contributed by atoms with Crippen LogP contribution in [0.15, 0.2) is 16.4 Å². The summed E-state index contributed by atoms with van der Waals surface area (Å²) < 4.78 is 8.75. The molecular formula is C18H20N6O9S2. The van der Waals surface area contributed by atoms with Gasteiger partial charge in [-0.25, -0.2) is 9.59 Å². The van der Waals surface area contributed by atoms with Gasteiger partial charge in [0.1, 0.15) is 23.7 Å². The van der Waals surface area contributed by atoms with Crippen molar-refractivity contribution >= 4 is 63.9 Å². The van der Waals surface area contributed by atoms with E-state index in [1.54, 1.807) is 0 Å². The van der Waals surface area contributed by atoms with Crippen LogP contribution in [-0.2, 0) is 33.5 Å². The van der Waals surface area contributed by atoms with Crippen molar-refractivity contribution in [1.82, 2.24) is 19.6 Å². The van der Waals surface area contributed by atoms with Gasteiger partial charge in [0.05, 0.1) is 0 Å². The maximum atomic E-state index is 13.0. The Balaban J connectivity index is 1.82. The molecule has 2 amide bonds. The van der Waals surface area contributed by atoms with E-state index in [2.05, 4.69) is 19.8 Å². The Morgan fingerprint density at radius 3 is 2.54 bits per heavy atom. The van der Waals surface area contributed by atoms with Gasteiger partial charge in [-0.2, -0.15) is 9.36 Å². The third kappa shape index (κ3) is 5.35. The van der Waals surface area contributed by atoms with Crippen molar-refractivity contribution in [3.8, 4) is 0 Å². The van der Waals surface area contributed by atoms with Crippen LogP contribution in [0, 0.1) is 0 Å². The summed E-state index contributed by atoms with van der Waals surface area (Å²) in [7, 11) is 0. The van der Waals surface area contributed by atoms with Crippen LogP contribution in [0.4, 0.5) is 5.13 Å². The van der Waals surface area contributed by atoms with E-state index in [1.165, 1.54) is 20.8 Å². The van der Waals surface area contributed by atoms with Crippen LogP contribution in [-0.4, -0.2) is 89.3 Å². The van der Waals surface area contributed by atoms with Gasteiger partial charge in [0.25, 0.3) is 11.8 Å². The second-order valence-electron chi connectivity index (χ2n) is 7.70. The van der Waals surface area contributed by atoms with Crippen LogP contribution < -0.4 is 11.1 Å². The molecule has 0 aliphatic carbocycles. The second-order valence-corrected chi connectivity index (χ2v) is 9.59. The van der Waals surface area contributed by atoms with Crippen molar-refractivity contribution in [2.75, 3.05) is 18.1 Å². The van der Waals surface area contributed by atoms with Gasteiger partial charge in [-0.3, -0.25) is 19.3 Å². The number of rotatable bonds is 9. The molecule has 1 unspecified atom stereocenters. The lowest BCUT2D eigenvalue weighted by Gasteiger charge is -2.49. The molecule has 5 N–H and O–H groups in total. The van der Waals surface area contributed by atoms with E-state index >= 15 is 0 Å². The molecule has 3 rings (SSSR count). The van der Waals surface area contributed by atoms with Crippen LogP contribution in [0.2, 0.25) is 0 Å². The van der Waals surface area contributed by atoms with Gasteiger partial charge in [0.2, 0.25) is 17.1 Å². The third-order valence-electron chi connectivity index (χ3n) is 4.73. The highest BCUT2D eigenvalue weighted by atomic mass is 32.2. The first-order valence-electron chi connectivity index (χ1n) is 9.76. The number of carbonyl (C=O) groups excluding carboxylic acids is 3. The average molecular weight is 529 g/mol. The molecule has 2 aliphatic rings. The van der Waals surface area contributed by atoms with Gasteiger partial charge >= 0.3 is 17.9 Å². The van der Waals surface area contributed by atoms with Crippen LogP contribution in [0.3, 0.4) is 0 Å². The molecule has 0 spiro atoms. The molecule has 0 bridgehead atoms. The van der Waals surface area contributed by atoms with E-state index in [0.29, 0.717) is 0 Å². The number of thioether (sulfide) groups is 1. The molecule has 2 aliphatic heterocycles. The van der Waals surface area contributed by atoms with Crippen LogP contribution >= 0.6 is 23.3 Å². The molecule has 3 heterocycles. The number of esters is 1. The Bertz CT molecular complexity index is 1160. The summed E-state index contributed by atoms with van der Waals surface area (Å²) in [6, 6.07) is -1.13. The number of hydrogen-bond acceptors (Lipinski definition) is 13. The number of ether oxygens (including phenoxy) is 1. The maximum absolute atomic E-state index is 13.0. The number of carboxylic acid groups (broad SMARTS) is 2. The molecule has 15 nitrogen and oxygen atoms in total. The minimum atomic E-state index is -1.80. The van der Waals surface area contributed by atoms with Crippen molar-refractivity contribution in [2.24, 2.45) is 5.16 Å². The minimum absolute atomic E-state index is 0.00303. The summed E-state index contributed by atoms with van der Waals surface area (Å²) in [6.07, 6.45) is 0. The Hall–Kier alpha value is -3.73. The fourth-order valence-corrected chi connectivity index (χ4v) is 4.67. The molecule has 1 aromatic rings. The lowest BCUT2D eigenvalue weighted by molar-refractivity contribution is -0.161. The summed E-state index contributed by atoms with van der Waals surface area (Å²) in [5, 5.41) is 24.1. The van der Waals surface area contributed by atoms with Crippen molar-refractivity contribution in [1.29, 1.82) is 0 Å². The molecular weight excluding hydrogens is 508 g/mol. The number of β-lactam (4-membered cyclic amide) rings is 1. The van der Waals surface area contributed by atoms with Crippen molar-refractivity contribution in [3.05, 3.63) is 17.1 Å². The number of nitrogen functional groups attached to an aromatic ring is 1. The number of aliphatic carboxylic acids is 2. The SMILES string of the molecule is CC(=O)OCC1=C(C(=O)O)N2C(=O)C(NC(=O)/C(=N\OC(C)(C)C(=O)O)c3nsc(N)n3)[C@H]2SC1. The highest BCUT2D eigenvalue weighted by Gasteiger charge is 2.54. The van der Waals surface area contributed by atoms with Gasteiger partial charge in [-0.1, -0.05) is 5.16 Å². The van der Waals surface area contributed by atoms with E-state index in [9.17, 15) is 34.2 Å². The molecule has 0 radical (unpaired) electrons. The highest BCUT2D eigenvalue weighted by Crippen LogP contribution is 2.40. The molecule has 2 atom stereocenters. The zero-order valence-corrected chi connectivity index (χ0v) is 20.1. The number of aromatic nitrogens is 2. The number of fused-ring (bicyclic) bond motifs is 1. The normalized spacial score (nSPS) is 20.0. The number of oxime groups is 1. The van der Waals surface area contributed by atoms with Crippen molar-refractivity contribution in [3.63, 3.8) is 0 Å². The van der Waals surface area contributed by atoms with E-state index < -0.39 is 52.5 Å². The predicted octanol–water partition coefficient (Wildman–Crippen LogP) is -0.994. The number of nitrogens with zero attached hydrogens (tertiary/aromatic N) is 4. The monoisotopic (exact) mass is 528 g/mol. The molecule has 17 heteroatoms. The summed E-state index contributed by atoms with van der Waals surface area (Å²) in [5.41, 5.74) is 3.16. The summed E-state index contributed by atoms with van der Waals surface area (Å²) in [5.74, 6) is -5.14. The molecule has 0 aromatic carbocycles. The fraction of sp³-hybridized carbons (Fsp3) is 0.444. The zero-order valence-electron chi connectivity index (χ0n) is 18.5. The number of nitrogens with two attached hydrogens (primary N) is 1. The Morgan fingerprint density at radius 1 is 1.31 bits per heavy atom. The van der Waals surface area contributed by atoms with Crippen molar-refractivity contribution < 1.29 is 43.8 Å². The number of carboxylic acids is 2. The van der Waals surface area contributed by atoms with Gasteiger partial charge < -0.3 is 30.8 Å². The number of amides is 2. The van der Waals surface area contributed by atoms with Gasteiger partial charge in [-0.05, 0) is 13.8 Å². The lowest BCUT2D eigenvalue weighted by atomic mass is 10.0. The number of anilines is 1. The fourth-order valence-electron chi connectivity index (χ4n) is 2.91. The van der Waals surface area contributed by atoms with Crippen molar-refractivity contribution in [2.45, 2.75) is 37.8 Å². The Labute approximate surface area is 205 Å². The zero-order chi connectivity index (χ0) is 26.1. The summed E-state index contributed by atoms with van der Waals surface area (Å²) in [4.78, 5) is 69.8. The number of carbonyl (C=O) groups is 5. The highest BCUT2D eigenvalue weighted by molar-refractivity contribution is 8.00. The van der Waals surface area contributed by atoms with E-state index in [-0.39, 0.29) is 34.6 Å². The largest absolute Gasteiger partial charge is 0.478 e. The first-order valence-corrected chi connectivity index (χ1v) is 11.6.